The van der Waals surface area contributed by atoms with Crippen LogP contribution in [0.4, 0.5) is 0 Å². The molecule has 0 amide bonds. The first-order valence-electron chi connectivity index (χ1n) is 6.45. The van der Waals surface area contributed by atoms with Gasteiger partial charge in [0.25, 0.3) is 0 Å². The van der Waals surface area contributed by atoms with Gasteiger partial charge in [0.2, 0.25) is 0 Å². The number of morpholine rings is 1. The van der Waals surface area contributed by atoms with Crippen molar-refractivity contribution in [2.75, 3.05) is 19.7 Å². The third-order valence-corrected chi connectivity index (χ3v) is 3.27. The maximum atomic E-state index is 12.1. The fraction of sp³-hybridized carbons (Fsp3) is 0.571. The molecule has 1 aliphatic rings. The highest BCUT2D eigenvalue weighted by Gasteiger charge is 2.27. The second-order valence-corrected chi connectivity index (χ2v) is 4.91. The van der Waals surface area contributed by atoms with Crippen LogP contribution in [0.1, 0.15) is 19.5 Å². The van der Waals surface area contributed by atoms with Crippen molar-refractivity contribution in [3.63, 3.8) is 0 Å². The van der Waals surface area contributed by atoms with Crippen molar-refractivity contribution >= 4 is 5.78 Å². The Morgan fingerprint density at radius 3 is 3.06 bits per heavy atom. The molecule has 0 aliphatic carbocycles. The van der Waals surface area contributed by atoms with E-state index in [0.29, 0.717) is 25.6 Å². The molecule has 98 valence electrons. The molecule has 4 heteroatoms. The van der Waals surface area contributed by atoms with Gasteiger partial charge in [0.1, 0.15) is 6.10 Å². The summed E-state index contributed by atoms with van der Waals surface area (Å²) >= 11 is 0. The first-order chi connectivity index (χ1) is 8.66. The van der Waals surface area contributed by atoms with Gasteiger partial charge in [-0.3, -0.25) is 14.7 Å². The van der Waals surface area contributed by atoms with Crippen molar-refractivity contribution in [3.05, 3.63) is 30.1 Å². The highest BCUT2D eigenvalue weighted by Crippen LogP contribution is 2.11. The molecule has 4 nitrogen and oxygen atoms in total. The lowest BCUT2D eigenvalue weighted by Crippen LogP contribution is -2.49. The molecule has 1 aliphatic heterocycles. The van der Waals surface area contributed by atoms with Crippen LogP contribution in [0.3, 0.4) is 0 Å². The van der Waals surface area contributed by atoms with E-state index >= 15 is 0 Å². The minimum atomic E-state index is -0.303. The average molecular weight is 248 g/mol. The summed E-state index contributed by atoms with van der Waals surface area (Å²) in [5, 5.41) is 0. The average Bonchev–Trinajstić information content (AvgIpc) is 2.40. The Balaban J connectivity index is 1.93. The molecular formula is C14H20N2O2. The van der Waals surface area contributed by atoms with Crippen LogP contribution in [0, 0.1) is 0 Å². The molecule has 0 aromatic carbocycles. The quantitative estimate of drug-likeness (QED) is 0.805. The van der Waals surface area contributed by atoms with Crippen LogP contribution in [0.15, 0.2) is 24.4 Å². The Kier molecular flexibility index (Phi) is 4.44. The third-order valence-electron chi connectivity index (χ3n) is 3.27. The van der Waals surface area contributed by atoms with Gasteiger partial charge >= 0.3 is 0 Å². The second-order valence-electron chi connectivity index (χ2n) is 4.91. The highest BCUT2D eigenvalue weighted by atomic mass is 16.5. The van der Waals surface area contributed by atoms with Crippen LogP contribution in [0.25, 0.3) is 0 Å². The number of Topliss-reactive ketones (excluding diaryl/α,β-unsaturated/α-hetero) is 1. The fourth-order valence-corrected chi connectivity index (χ4v) is 2.13. The summed E-state index contributed by atoms with van der Waals surface area (Å²) in [7, 11) is 0. The molecule has 1 saturated heterocycles. The lowest BCUT2D eigenvalue weighted by Gasteiger charge is -2.34. The van der Waals surface area contributed by atoms with Gasteiger partial charge in [-0.15, -0.1) is 0 Å². The minimum Gasteiger partial charge on any atom is -0.368 e. The zero-order valence-corrected chi connectivity index (χ0v) is 11.0. The van der Waals surface area contributed by atoms with Crippen molar-refractivity contribution in [3.8, 4) is 0 Å². The molecule has 0 N–H and O–H groups in total. The summed E-state index contributed by atoms with van der Waals surface area (Å²) in [5.41, 5.74) is 0.813. The summed E-state index contributed by atoms with van der Waals surface area (Å²) in [4.78, 5) is 18.6. The Morgan fingerprint density at radius 2 is 2.39 bits per heavy atom. The zero-order chi connectivity index (χ0) is 13.0. The maximum absolute atomic E-state index is 12.1. The molecule has 0 radical (unpaired) electrons. The number of ether oxygens (including phenoxy) is 1. The van der Waals surface area contributed by atoms with E-state index in [4.69, 9.17) is 4.74 Å². The van der Waals surface area contributed by atoms with Crippen molar-refractivity contribution in [1.29, 1.82) is 0 Å². The van der Waals surface area contributed by atoms with Gasteiger partial charge in [-0.1, -0.05) is 6.07 Å². The molecule has 1 atom stereocenters. The molecule has 1 fully saturated rings. The van der Waals surface area contributed by atoms with Crippen LogP contribution < -0.4 is 0 Å². The molecule has 1 aromatic rings. The standard InChI is InChI=1S/C14H20N2O2/c1-11(2)16-7-8-18-14(10-16)13(17)9-12-5-3-4-6-15-12/h3-6,11,14H,7-10H2,1-2H3. The first kappa shape index (κ1) is 13.2. The number of hydrogen-bond donors (Lipinski definition) is 0. The molecule has 1 unspecified atom stereocenters. The van der Waals surface area contributed by atoms with Gasteiger partial charge in [-0.25, -0.2) is 0 Å². The number of rotatable bonds is 4. The Morgan fingerprint density at radius 1 is 1.56 bits per heavy atom. The predicted molar refractivity (Wildman–Crippen MR) is 69.4 cm³/mol. The van der Waals surface area contributed by atoms with E-state index in [9.17, 15) is 4.79 Å². The van der Waals surface area contributed by atoms with Crippen LogP contribution >= 0.6 is 0 Å². The SMILES string of the molecule is CC(C)N1CCOC(C(=O)Cc2ccccn2)C1. The van der Waals surface area contributed by atoms with E-state index in [1.54, 1.807) is 6.20 Å². The number of ketones is 1. The number of carbonyl (C=O) groups is 1. The fourth-order valence-electron chi connectivity index (χ4n) is 2.13. The normalized spacial score (nSPS) is 21.2. The minimum absolute atomic E-state index is 0.124. The number of aromatic nitrogens is 1. The molecule has 0 bridgehead atoms. The van der Waals surface area contributed by atoms with Crippen molar-refractivity contribution < 1.29 is 9.53 Å². The van der Waals surface area contributed by atoms with Gasteiger partial charge < -0.3 is 4.74 Å². The van der Waals surface area contributed by atoms with Crippen molar-refractivity contribution in [1.82, 2.24) is 9.88 Å². The van der Waals surface area contributed by atoms with Gasteiger partial charge in [-0.05, 0) is 26.0 Å². The lowest BCUT2D eigenvalue weighted by molar-refractivity contribution is -0.136. The molecule has 0 spiro atoms. The van der Waals surface area contributed by atoms with E-state index in [2.05, 4.69) is 23.7 Å². The largest absolute Gasteiger partial charge is 0.368 e. The Bertz CT molecular complexity index is 392. The van der Waals surface area contributed by atoms with E-state index < -0.39 is 0 Å². The maximum Gasteiger partial charge on any atom is 0.168 e. The van der Waals surface area contributed by atoms with Gasteiger partial charge in [0.05, 0.1) is 13.0 Å². The summed E-state index contributed by atoms with van der Waals surface area (Å²) in [6, 6.07) is 6.09. The van der Waals surface area contributed by atoms with Crippen LogP contribution in [0.5, 0.6) is 0 Å². The van der Waals surface area contributed by atoms with Crippen molar-refractivity contribution in [2.45, 2.75) is 32.4 Å². The molecule has 0 saturated carbocycles. The summed E-state index contributed by atoms with van der Waals surface area (Å²) < 4.78 is 5.57. The topological polar surface area (TPSA) is 42.4 Å². The Hall–Kier alpha value is -1.26. The third kappa shape index (κ3) is 3.37. The first-order valence-corrected chi connectivity index (χ1v) is 6.45. The molecule has 2 heterocycles. The monoisotopic (exact) mass is 248 g/mol. The second kappa shape index (κ2) is 6.07. The van der Waals surface area contributed by atoms with Gasteiger partial charge in [-0.2, -0.15) is 0 Å². The smallest absolute Gasteiger partial charge is 0.168 e. The highest BCUT2D eigenvalue weighted by molar-refractivity contribution is 5.85. The predicted octanol–water partition coefficient (Wildman–Crippen LogP) is 1.30. The molecular weight excluding hydrogens is 228 g/mol. The zero-order valence-electron chi connectivity index (χ0n) is 11.0. The number of hydrogen-bond acceptors (Lipinski definition) is 4. The van der Waals surface area contributed by atoms with Crippen molar-refractivity contribution in [2.24, 2.45) is 0 Å². The van der Waals surface area contributed by atoms with Gasteiger partial charge in [0, 0.05) is 31.0 Å². The van der Waals surface area contributed by atoms with Crippen LogP contribution in [-0.4, -0.2) is 47.5 Å². The number of nitrogens with zero attached hydrogens (tertiary/aromatic N) is 2. The number of pyridine rings is 1. The summed E-state index contributed by atoms with van der Waals surface area (Å²) in [5.74, 6) is 0.124. The number of carbonyl (C=O) groups excluding carboxylic acids is 1. The Labute approximate surface area is 108 Å². The van der Waals surface area contributed by atoms with Gasteiger partial charge in [0.15, 0.2) is 5.78 Å². The van der Waals surface area contributed by atoms with E-state index in [-0.39, 0.29) is 11.9 Å². The lowest BCUT2D eigenvalue weighted by atomic mass is 10.1. The summed E-state index contributed by atoms with van der Waals surface area (Å²) in [6.45, 7) is 6.53. The summed E-state index contributed by atoms with van der Waals surface area (Å²) in [6.07, 6.45) is 1.77. The molecule has 2 rings (SSSR count). The van der Waals surface area contributed by atoms with Crippen LogP contribution in [-0.2, 0) is 16.0 Å². The molecule has 18 heavy (non-hydrogen) atoms. The van der Waals surface area contributed by atoms with Crippen LogP contribution in [0.2, 0.25) is 0 Å². The van der Waals surface area contributed by atoms with E-state index in [1.807, 2.05) is 18.2 Å². The molecule has 1 aromatic heterocycles. The van der Waals surface area contributed by atoms with E-state index in [0.717, 1.165) is 12.2 Å². The van der Waals surface area contributed by atoms with E-state index in [1.165, 1.54) is 0 Å².